The van der Waals surface area contributed by atoms with Gasteiger partial charge in [-0.3, -0.25) is 4.98 Å². The van der Waals surface area contributed by atoms with Crippen LogP contribution in [0.25, 0.3) is 0 Å². The summed E-state index contributed by atoms with van der Waals surface area (Å²) in [5.74, 6) is 0.563. The largest absolute Gasteiger partial charge is 0.492 e. The second-order valence-electron chi connectivity index (χ2n) is 3.04. The predicted octanol–water partition coefficient (Wildman–Crippen LogP) is 3.28. The van der Waals surface area contributed by atoms with Gasteiger partial charge in [-0.15, -0.1) is 0 Å². The molecule has 1 aromatic rings. The third kappa shape index (κ3) is 5.51. The van der Waals surface area contributed by atoms with Crippen LogP contribution in [0.3, 0.4) is 0 Å². The first-order valence-electron chi connectivity index (χ1n) is 4.92. The van der Waals surface area contributed by atoms with Crippen molar-refractivity contribution >= 4 is 0 Å². The van der Waals surface area contributed by atoms with Crippen molar-refractivity contribution in [2.24, 2.45) is 5.92 Å². The van der Waals surface area contributed by atoms with Crippen LogP contribution in [0.15, 0.2) is 18.5 Å². The van der Waals surface area contributed by atoms with E-state index in [9.17, 15) is 4.39 Å². The molecule has 0 aromatic carbocycles. The van der Waals surface area contributed by atoms with E-state index in [1.54, 1.807) is 0 Å². The topological polar surface area (TPSA) is 22.1 Å². The van der Waals surface area contributed by atoms with Gasteiger partial charge in [-0.05, 0) is 5.92 Å². The Labute approximate surface area is 85.1 Å². The van der Waals surface area contributed by atoms with Gasteiger partial charge < -0.3 is 4.74 Å². The van der Waals surface area contributed by atoms with Crippen molar-refractivity contribution in [1.29, 1.82) is 0 Å². The van der Waals surface area contributed by atoms with Crippen molar-refractivity contribution in [3.63, 3.8) is 0 Å². The van der Waals surface area contributed by atoms with Gasteiger partial charge in [-0.25, -0.2) is 4.39 Å². The van der Waals surface area contributed by atoms with Crippen LogP contribution in [0.2, 0.25) is 0 Å². The lowest BCUT2D eigenvalue weighted by Crippen LogP contribution is -2.04. The van der Waals surface area contributed by atoms with E-state index in [1.165, 1.54) is 12.3 Å². The van der Waals surface area contributed by atoms with Crippen LogP contribution < -0.4 is 4.74 Å². The van der Waals surface area contributed by atoms with Crippen molar-refractivity contribution in [2.75, 3.05) is 6.61 Å². The summed E-state index contributed by atoms with van der Waals surface area (Å²) in [6, 6.07) is 1.33. The third-order valence-electron chi connectivity index (χ3n) is 1.26. The van der Waals surface area contributed by atoms with E-state index < -0.39 is 0 Å². The fourth-order valence-electron chi connectivity index (χ4n) is 0.734. The van der Waals surface area contributed by atoms with E-state index in [4.69, 9.17) is 4.74 Å². The molecule has 0 amide bonds. The summed E-state index contributed by atoms with van der Waals surface area (Å²) in [4.78, 5) is 3.66. The highest BCUT2D eigenvalue weighted by Crippen LogP contribution is 2.10. The third-order valence-corrected chi connectivity index (χ3v) is 1.26. The first kappa shape index (κ1) is 12.9. The van der Waals surface area contributed by atoms with Gasteiger partial charge in [0.05, 0.1) is 19.0 Å². The molecule has 0 aliphatic carbocycles. The highest BCUT2D eigenvalue weighted by Gasteiger charge is 1.98. The molecule has 0 radical (unpaired) electrons. The Bertz CT molecular complexity index is 251. The van der Waals surface area contributed by atoms with Crippen LogP contribution >= 0.6 is 0 Å². The Morgan fingerprint density at radius 2 is 2.00 bits per heavy atom. The number of nitrogens with zero attached hydrogens (tertiary/aromatic N) is 1. The molecule has 1 aromatic heterocycles. The molecule has 0 saturated carbocycles. The number of halogens is 1. The summed E-state index contributed by atoms with van der Waals surface area (Å²) < 4.78 is 17.8. The Balaban J connectivity index is 0.000000791. The number of pyridine rings is 1. The lowest BCUT2D eigenvalue weighted by Gasteiger charge is -2.07. The molecule has 0 N–H and O–H groups in total. The fourth-order valence-corrected chi connectivity index (χ4v) is 0.734. The molecule has 0 spiro atoms. The molecule has 0 atom stereocenters. The number of hydrogen-bond acceptors (Lipinski definition) is 2. The second-order valence-corrected chi connectivity index (χ2v) is 3.04. The fraction of sp³-hybridized carbons (Fsp3) is 0.545. The molecule has 2 nitrogen and oxygen atoms in total. The Kier molecular flexibility index (Phi) is 6.72. The smallest absolute Gasteiger partial charge is 0.145 e. The van der Waals surface area contributed by atoms with Gasteiger partial charge in [0.15, 0.2) is 0 Å². The van der Waals surface area contributed by atoms with Gasteiger partial charge >= 0.3 is 0 Å². The van der Waals surface area contributed by atoms with E-state index >= 15 is 0 Å². The summed E-state index contributed by atoms with van der Waals surface area (Å²) in [7, 11) is 0. The minimum Gasteiger partial charge on any atom is -0.492 e. The van der Waals surface area contributed by atoms with E-state index in [-0.39, 0.29) is 5.82 Å². The van der Waals surface area contributed by atoms with Crippen LogP contribution in [0.1, 0.15) is 27.7 Å². The minimum absolute atomic E-state index is 0.365. The van der Waals surface area contributed by atoms with Crippen molar-refractivity contribution in [1.82, 2.24) is 4.98 Å². The van der Waals surface area contributed by atoms with Crippen LogP contribution in [0.4, 0.5) is 4.39 Å². The lowest BCUT2D eigenvalue weighted by atomic mass is 10.2. The van der Waals surface area contributed by atoms with Crippen LogP contribution in [-0.2, 0) is 0 Å². The van der Waals surface area contributed by atoms with Gasteiger partial charge in [-0.2, -0.15) is 0 Å². The second kappa shape index (κ2) is 7.30. The summed E-state index contributed by atoms with van der Waals surface area (Å²) in [6.45, 7) is 8.66. The number of ether oxygens (including phenoxy) is 1. The molecule has 0 fully saturated rings. The van der Waals surface area contributed by atoms with E-state index in [2.05, 4.69) is 4.98 Å². The maximum Gasteiger partial charge on any atom is 0.145 e. The highest BCUT2D eigenvalue weighted by molar-refractivity contribution is 5.16. The first-order chi connectivity index (χ1) is 6.68. The summed E-state index contributed by atoms with van der Waals surface area (Å²) in [5.41, 5.74) is 0. The lowest BCUT2D eigenvalue weighted by molar-refractivity contribution is 0.269. The Morgan fingerprint density at radius 1 is 1.36 bits per heavy atom. The Hall–Kier alpha value is -1.12. The van der Waals surface area contributed by atoms with E-state index in [0.29, 0.717) is 18.3 Å². The predicted molar refractivity (Wildman–Crippen MR) is 55.9 cm³/mol. The molecule has 80 valence electrons. The molecule has 0 saturated heterocycles. The SMILES string of the molecule is CC.CC(C)COc1cncc(F)c1. The normalized spacial score (nSPS) is 9.29. The van der Waals surface area contributed by atoms with Gasteiger partial charge in [0.2, 0.25) is 0 Å². The average Bonchev–Trinajstić information content (AvgIpc) is 2.18. The van der Waals surface area contributed by atoms with Gasteiger partial charge in [-0.1, -0.05) is 27.7 Å². The summed E-state index contributed by atoms with van der Waals surface area (Å²) in [5, 5.41) is 0. The molecule has 0 aliphatic heterocycles. The molecule has 0 unspecified atom stereocenters. The molecule has 3 heteroatoms. The van der Waals surface area contributed by atoms with Crippen LogP contribution in [0, 0.1) is 11.7 Å². The van der Waals surface area contributed by atoms with Crippen molar-refractivity contribution in [3.8, 4) is 5.75 Å². The maximum absolute atomic E-state index is 12.5. The van der Waals surface area contributed by atoms with Crippen molar-refractivity contribution in [3.05, 3.63) is 24.3 Å². The van der Waals surface area contributed by atoms with Gasteiger partial charge in [0, 0.05) is 6.07 Å². The molecule has 1 heterocycles. The first-order valence-corrected chi connectivity index (χ1v) is 4.92. The van der Waals surface area contributed by atoms with Crippen molar-refractivity contribution < 1.29 is 9.13 Å². The monoisotopic (exact) mass is 199 g/mol. The molecule has 0 bridgehead atoms. The van der Waals surface area contributed by atoms with Crippen molar-refractivity contribution in [2.45, 2.75) is 27.7 Å². The molecule has 0 aliphatic rings. The van der Waals surface area contributed by atoms with E-state index in [1.807, 2.05) is 27.7 Å². The Morgan fingerprint density at radius 3 is 2.50 bits per heavy atom. The molecule has 14 heavy (non-hydrogen) atoms. The molecular formula is C11H18FNO. The summed E-state index contributed by atoms with van der Waals surface area (Å²) >= 11 is 0. The number of aromatic nitrogens is 1. The zero-order chi connectivity index (χ0) is 11.0. The number of hydrogen-bond donors (Lipinski definition) is 0. The minimum atomic E-state index is -0.365. The van der Waals surface area contributed by atoms with Crippen LogP contribution in [-0.4, -0.2) is 11.6 Å². The zero-order valence-electron chi connectivity index (χ0n) is 9.25. The standard InChI is InChI=1S/C9H12FNO.C2H6/c1-7(2)6-12-9-3-8(10)4-11-5-9;1-2/h3-5,7H,6H2,1-2H3;1-2H3. The quantitative estimate of drug-likeness (QED) is 0.745. The maximum atomic E-state index is 12.5. The molecular weight excluding hydrogens is 181 g/mol. The van der Waals surface area contributed by atoms with Crippen LogP contribution in [0.5, 0.6) is 5.75 Å². The number of rotatable bonds is 3. The van der Waals surface area contributed by atoms with E-state index in [0.717, 1.165) is 6.20 Å². The zero-order valence-corrected chi connectivity index (χ0v) is 9.25. The summed E-state index contributed by atoms with van der Waals surface area (Å²) in [6.07, 6.45) is 2.66. The average molecular weight is 199 g/mol. The van der Waals surface area contributed by atoms with Gasteiger partial charge in [0.25, 0.3) is 0 Å². The molecule has 1 rings (SSSR count). The highest BCUT2D eigenvalue weighted by atomic mass is 19.1. The van der Waals surface area contributed by atoms with Gasteiger partial charge in [0.1, 0.15) is 11.6 Å².